The molecule has 1 heterocycles. The third-order valence-corrected chi connectivity index (χ3v) is 4.23. The fraction of sp³-hybridized carbons (Fsp3) is 1.00. The van der Waals surface area contributed by atoms with Crippen LogP contribution in [0, 0.1) is 5.92 Å². The minimum atomic E-state index is 0.639. The monoisotopic (exact) mass is 269 g/mol. The Labute approximate surface area is 120 Å². The highest BCUT2D eigenvalue weighted by Gasteiger charge is 2.15. The van der Waals surface area contributed by atoms with Gasteiger partial charge in [-0.15, -0.1) is 0 Å². The Morgan fingerprint density at radius 2 is 1.63 bits per heavy atom. The lowest BCUT2D eigenvalue weighted by atomic mass is 10.1. The zero-order valence-electron chi connectivity index (χ0n) is 13.2. The smallest absolute Gasteiger partial charge is 0.0109 e. The molecule has 0 bridgehead atoms. The van der Waals surface area contributed by atoms with Crippen LogP contribution in [0.2, 0.25) is 0 Å². The molecule has 0 aromatic rings. The van der Waals surface area contributed by atoms with Crippen LogP contribution >= 0.6 is 0 Å². The summed E-state index contributed by atoms with van der Waals surface area (Å²) < 4.78 is 0. The van der Waals surface area contributed by atoms with Crippen LogP contribution in [0.25, 0.3) is 0 Å². The first-order valence-electron chi connectivity index (χ1n) is 8.41. The molecule has 0 amide bonds. The Morgan fingerprint density at radius 3 is 2.37 bits per heavy atom. The lowest BCUT2D eigenvalue weighted by molar-refractivity contribution is 0.233. The van der Waals surface area contributed by atoms with Crippen LogP contribution in [-0.2, 0) is 0 Å². The van der Waals surface area contributed by atoms with Gasteiger partial charge in [-0.25, -0.2) is 0 Å². The molecule has 3 heteroatoms. The molecule has 2 N–H and O–H groups in total. The van der Waals surface area contributed by atoms with Crippen molar-refractivity contribution in [3.8, 4) is 0 Å². The van der Waals surface area contributed by atoms with E-state index in [1.165, 1.54) is 77.8 Å². The molecule has 1 unspecified atom stereocenters. The van der Waals surface area contributed by atoms with E-state index in [0.29, 0.717) is 5.92 Å². The highest BCUT2D eigenvalue weighted by Crippen LogP contribution is 2.08. The molecule has 1 aliphatic heterocycles. The van der Waals surface area contributed by atoms with Gasteiger partial charge >= 0.3 is 0 Å². The van der Waals surface area contributed by atoms with Crippen LogP contribution in [0.5, 0.6) is 0 Å². The lowest BCUT2D eigenvalue weighted by Crippen LogP contribution is -2.35. The van der Waals surface area contributed by atoms with Gasteiger partial charge in [0.05, 0.1) is 0 Å². The average Bonchev–Trinajstić information content (AvgIpc) is 2.64. The second-order valence-corrected chi connectivity index (χ2v) is 6.25. The van der Waals surface area contributed by atoms with E-state index in [1.54, 1.807) is 0 Å². The molecule has 1 aliphatic rings. The summed E-state index contributed by atoms with van der Waals surface area (Å²) in [5, 5.41) is 0. The van der Waals surface area contributed by atoms with E-state index < -0.39 is 0 Å². The fourth-order valence-electron chi connectivity index (χ4n) is 2.88. The van der Waals surface area contributed by atoms with E-state index in [4.69, 9.17) is 5.73 Å². The van der Waals surface area contributed by atoms with Crippen LogP contribution in [0.4, 0.5) is 0 Å². The highest BCUT2D eigenvalue weighted by molar-refractivity contribution is 4.71. The van der Waals surface area contributed by atoms with Gasteiger partial charge in [0.25, 0.3) is 0 Å². The van der Waals surface area contributed by atoms with Crippen molar-refractivity contribution in [1.29, 1.82) is 0 Å². The van der Waals surface area contributed by atoms with Gasteiger partial charge in [0, 0.05) is 19.6 Å². The molecule has 0 radical (unpaired) electrons. The lowest BCUT2D eigenvalue weighted by Gasteiger charge is -2.24. The number of rotatable bonds is 9. The van der Waals surface area contributed by atoms with Crippen molar-refractivity contribution in [2.75, 3.05) is 45.8 Å². The minimum Gasteiger partial charge on any atom is -0.330 e. The van der Waals surface area contributed by atoms with E-state index >= 15 is 0 Å². The Kier molecular flexibility index (Phi) is 9.48. The predicted octanol–water partition coefficient (Wildman–Crippen LogP) is 2.56. The Hall–Kier alpha value is -0.120. The standard InChI is InChI=1S/C16H35N3/c1-3-4-5-6-7-9-18-10-8-11-19(13-12-18)15-16(2)14-17/h16H,3-15,17H2,1-2H3. The van der Waals surface area contributed by atoms with Crippen LogP contribution in [-0.4, -0.2) is 55.6 Å². The first-order valence-corrected chi connectivity index (χ1v) is 8.41. The molecule has 114 valence electrons. The zero-order valence-corrected chi connectivity index (χ0v) is 13.2. The molecule has 1 rings (SSSR count). The molecular formula is C16H35N3. The maximum Gasteiger partial charge on any atom is 0.0109 e. The van der Waals surface area contributed by atoms with Crippen LogP contribution in [0.15, 0.2) is 0 Å². The second-order valence-electron chi connectivity index (χ2n) is 6.25. The van der Waals surface area contributed by atoms with Crippen molar-refractivity contribution in [1.82, 2.24) is 9.80 Å². The SMILES string of the molecule is CCCCCCCN1CCCN(CC(C)CN)CC1. The number of nitrogens with zero attached hydrogens (tertiary/aromatic N) is 2. The molecule has 1 saturated heterocycles. The second kappa shape index (κ2) is 10.6. The molecule has 0 saturated carbocycles. The summed E-state index contributed by atoms with van der Waals surface area (Å²) >= 11 is 0. The molecule has 1 fully saturated rings. The normalized spacial score (nSPS) is 20.4. The molecule has 0 aromatic heterocycles. The van der Waals surface area contributed by atoms with Gasteiger partial charge in [0.15, 0.2) is 0 Å². The third kappa shape index (κ3) is 7.91. The Balaban J connectivity index is 2.11. The molecule has 19 heavy (non-hydrogen) atoms. The maximum absolute atomic E-state index is 5.72. The Morgan fingerprint density at radius 1 is 0.947 bits per heavy atom. The molecule has 0 aromatic carbocycles. The van der Waals surface area contributed by atoms with Gasteiger partial charge < -0.3 is 15.5 Å². The summed E-state index contributed by atoms with van der Waals surface area (Å²) in [6, 6.07) is 0. The van der Waals surface area contributed by atoms with Gasteiger partial charge in [0.1, 0.15) is 0 Å². The summed E-state index contributed by atoms with van der Waals surface area (Å²) in [5.74, 6) is 0.639. The number of hydrogen-bond donors (Lipinski definition) is 1. The van der Waals surface area contributed by atoms with Gasteiger partial charge in [0.2, 0.25) is 0 Å². The number of nitrogens with two attached hydrogens (primary N) is 1. The minimum absolute atomic E-state index is 0.639. The fourth-order valence-corrected chi connectivity index (χ4v) is 2.88. The highest BCUT2D eigenvalue weighted by atomic mass is 15.2. The summed E-state index contributed by atoms with van der Waals surface area (Å²) in [7, 11) is 0. The maximum atomic E-state index is 5.72. The number of unbranched alkanes of at least 4 members (excludes halogenated alkanes) is 4. The summed E-state index contributed by atoms with van der Waals surface area (Å²) in [4.78, 5) is 5.27. The predicted molar refractivity (Wildman–Crippen MR) is 84.5 cm³/mol. The van der Waals surface area contributed by atoms with Crippen molar-refractivity contribution in [3.63, 3.8) is 0 Å². The molecule has 0 spiro atoms. The summed E-state index contributed by atoms with van der Waals surface area (Å²) in [6.07, 6.45) is 8.30. The van der Waals surface area contributed by atoms with Crippen molar-refractivity contribution >= 4 is 0 Å². The molecule has 3 nitrogen and oxygen atoms in total. The van der Waals surface area contributed by atoms with Gasteiger partial charge in [-0.2, -0.15) is 0 Å². The van der Waals surface area contributed by atoms with Crippen LogP contribution in [0.1, 0.15) is 52.4 Å². The van der Waals surface area contributed by atoms with E-state index in [2.05, 4.69) is 23.6 Å². The van der Waals surface area contributed by atoms with Crippen LogP contribution < -0.4 is 5.73 Å². The average molecular weight is 269 g/mol. The van der Waals surface area contributed by atoms with E-state index in [9.17, 15) is 0 Å². The van der Waals surface area contributed by atoms with Crippen molar-refractivity contribution in [2.24, 2.45) is 11.7 Å². The van der Waals surface area contributed by atoms with Crippen molar-refractivity contribution < 1.29 is 0 Å². The van der Waals surface area contributed by atoms with Crippen LogP contribution in [0.3, 0.4) is 0 Å². The molecule has 0 aliphatic carbocycles. The zero-order chi connectivity index (χ0) is 13.9. The summed E-state index contributed by atoms with van der Waals surface area (Å²) in [6.45, 7) is 12.9. The van der Waals surface area contributed by atoms with E-state index in [1.807, 2.05) is 0 Å². The van der Waals surface area contributed by atoms with Crippen molar-refractivity contribution in [3.05, 3.63) is 0 Å². The number of hydrogen-bond acceptors (Lipinski definition) is 3. The first kappa shape index (κ1) is 16.9. The topological polar surface area (TPSA) is 32.5 Å². The van der Waals surface area contributed by atoms with Gasteiger partial charge in [-0.3, -0.25) is 0 Å². The third-order valence-electron chi connectivity index (χ3n) is 4.23. The molecular weight excluding hydrogens is 234 g/mol. The quantitative estimate of drug-likeness (QED) is 0.653. The van der Waals surface area contributed by atoms with Gasteiger partial charge in [-0.05, 0) is 44.9 Å². The first-order chi connectivity index (χ1) is 9.26. The van der Waals surface area contributed by atoms with E-state index in [0.717, 1.165) is 6.54 Å². The molecule has 1 atom stereocenters. The summed E-state index contributed by atoms with van der Waals surface area (Å²) in [5.41, 5.74) is 5.72. The largest absolute Gasteiger partial charge is 0.330 e. The van der Waals surface area contributed by atoms with E-state index in [-0.39, 0.29) is 0 Å². The van der Waals surface area contributed by atoms with Gasteiger partial charge in [-0.1, -0.05) is 39.5 Å². The Bertz CT molecular complexity index is 208. The van der Waals surface area contributed by atoms with Crippen molar-refractivity contribution in [2.45, 2.75) is 52.4 Å².